The highest BCUT2D eigenvalue weighted by Gasteiger charge is 2.39. The SMILES string of the molecule is O[C@@H]1C[C@H](O)[C@@H]2C[C@H]1N=N2. The molecular weight excluding hydrogens is 132 g/mol. The molecule has 4 nitrogen and oxygen atoms in total. The van der Waals surface area contributed by atoms with Crippen molar-refractivity contribution in [1.82, 2.24) is 0 Å². The first-order valence-corrected chi connectivity index (χ1v) is 3.53. The Morgan fingerprint density at radius 1 is 0.900 bits per heavy atom. The topological polar surface area (TPSA) is 65.2 Å². The van der Waals surface area contributed by atoms with Gasteiger partial charge in [0.15, 0.2) is 0 Å². The lowest BCUT2D eigenvalue weighted by Crippen LogP contribution is -2.39. The Hall–Kier alpha value is -0.480. The second-order valence-corrected chi connectivity index (χ2v) is 2.97. The number of aliphatic hydroxyl groups is 2. The molecular formula is C6H10N2O2. The second kappa shape index (κ2) is 2.00. The van der Waals surface area contributed by atoms with E-state index in [1.165, 1.54) is 0 Å². The van der Waals surface area contributed by atoms with Crippen LogP contribution in [0, 0.1) is 0 Å². The van der Waals surface area contributed by atoms with Gasteiger partial charge in [-0.3, -0.25) is 0 Å². The molecule has 2 aliphatic rings. The number of aliphatic hydroxyl groups excluding tert-OH is 2. The molecule has 0 saturated heterocycles. The zero-order valence-corrected chi connectivity index (χ0v) is 5.51. The van der Waals surface area contributed by atoms with Gasteiger partial charge in [-0.15, -0.1) is 0 Å². The maximum Gasteiger partial charge on any atom is 0.0989 e. The van der Waals surface area contributed by atoms with Crippen LogP contribution in [-0.4, -0.2) is 34.5 Å². The lowest BCUT2D eigenvalue weighted by molar-refractivity contribution is 0.0300. The molecule has 10 heavy (non-hydrogen) atoms. The smallest absolute Gasteiger partial charge is 0.0989 e. The van der Waals surface area contributed by atoms with Crippen LogP contribution in [0.2, 0.25) is 0 Å². The first-order chi connectivity index (χ1) is 4.77. The fourth-order valence-electron chi connectivity index (χ4n) is 1.54. The Balaban J connectivity index is 2.17. The molecule has 4 heteroatoms. The second-order valence-electron chi connectivity index (χ2n) is 2.97. The summed E-state index contributed by atoms with van der Waals surface area (Å²) < 4.78 is 0. The fraction of sp³-hybridized carbons (Fsp3) is 1.00. The Morgan fingerprint density at radius 2 is 1.40 bits per heavy atom. The summed E-state index contributed by atoms with van der Waals surface area (Å²) in [6.45, 7) is 0. The van der Waals surface area contributed by atoms with Crippen molar-refractivity contribution in [1.29, 1.82) is 0 Å². The molecule has 4 atom stereocenters. The molecule has 2 bridgehead atoms. The van der Waals surface area contributed by atoms with Crippen molar-refractivity contribution >= 4 is 0 Å². The van der Waals surface area contributed by atoms with Crippen molar-refractivity contribution in [3.8, 4) is 0 Å². The van der Waals surface area contributed by atoms with E-state index in [4.69, 9.17) is 0 Å². The summed E-state index contributed by atoms with van der Waals surface area (Å²) in [5, 5.41) is 26.2. The van der Waals surface area contributed by atoms with Gasteiger partial charge in [0.2, 0.25) is 0 Å². The van der Waals surface area contributed by atoms with Crippen molar-refractivity contribution in [2.45, 2.75) is 37.1 Å². The molecule has 0 radical (unpaired) electrons. The third-order valence-electron chi connectivity index (χ3n) is 2.22. The fourth-order valence-corrected chi connectivity index (χ4v) is 1.54. The number of hydrogen-bond donors (Lipinski definition) is 2. The van der Waals surface area contributed by atoms with Gasteiger partial charge in [0.1, 0.15) is 0 Å². The highest BCUT2D eigenvalue weighted by atomic mass is 16.3. The molecule has 56 valence electrons. The number of fused-ring (bicyclic) bond motifs is 2. The molecule has 0 unspecified atom stereocenters. The minimum absolute atomic E-state index is 0.0339. The van der Waals surface area contributed by atoms with Gasteiger partial charge in [-0.05, 0) is 0 Å². The van der Waals surface area contributed by atoms with Crippen LogP contribution in [0.5, 0.6) is 0 Å². The Morgan fingerprint density at radius 3 is 1.90 bits per heavy atom. The summed E-state index contributed by atoms with van der Waals surface area (Å²) in [4.78, 5) is 0. The van der Waals surface area contributed by atoms with E-state index in [9.17, 15) is 10.2 Å². The molecule has 1 saturated carbocycles. The highest BCUT2D eigenvalue weighted by Crippen LogP contribution is 2.30. The Bertz CT molecular complexity index is 155. The molecule has 0 aromatic rings. The Kier molecular flexibility index (Phi) is 1.25. The average molecular weight is 142 g/mol. The summed E-state index contributed by atoms with van der Waals surface area (Å²) in [6.07, 6.45) is 0.208. The van der Waals surface area contributed by atoms with Gasteiger partial charge in [0.25, 0.3) is 0 Å². The zero-order valence-electron chi connectivity index (χ0n) is 5.51. The van der Waals surface area contributed by atoms with E-state index >= 15 is 0 Å². The Labute approximate surface area is 58.6 Å². The lowest BCUT2D eigenvalue weighted by Gasteiger charge is -2.25. The van der Waals surface area contributed by atoms with Crippen molar-refractivity contribution in [3.05, 3.63) is 0 Å². The van der Waals surface area contributed by atoms with Gasteiger partial charge in [-0.25, -0.2) is 0 Å². The first kappa shape index (κ1) is 6.24. The van der Waals surface area contributed by atoms with Gasteiger partial charge in [0.05, 0.1) is 24.3 Å². The van der Waals surface area contributed by atoms with Crippen LogP contribution in [0.15, 0.2) is 10.2 Å². The minimum Gasteiger partial charge on any atom is -0.391 e. The summed E-state index contributed by atoms with van der Waals surface area (Å²) in [5.41, 5.74) is 0. The molecule has 1 heterocycles. The van der Waals surface area contributed by atoms with Gasteiger partial charge in [0, 0.05) is 12.8 Å². The van der Waals surface area contributed by atoms with E-state index in [2.05, 4.69) is 10.2 Å². The van der Waals surface area contributed by atoms with Gasteiger partial charge < -0.3 is 10.2 Å². The lowest BCUT2D eigenvalue weighted by atomic mass is 9.89. The zero-order chi connectivity index (χ0) is 7.14. The van der Waals surface area contributed by atoms with E-state index in [1.807, 2.05) is 0 Å². The predicted octanol–water partition coefficient (Wildman–Crippen LogP) is -0.295. The molecule has 1 fully saturated rings. The predicted molar refractivity (Wildman–Crippen MR) is 33.7 cm³/mol. The molecule has 1 aliphatic carbocycles. The molecule has 0 aromatic heterocycles. The van der Waals surface area contributed by atoms with Crippen LogP contribution in [-0.2, 0) is 0 Å². The molecule has 0 amide bonds. The van der Waals surface area contributed by atoms with Crippen LogP contribution >= 0.6 is 0 Å². The van der Waals surface area contributed by atoms with Crippen molar-refractivity contribution in [2.75, 3.05) is 0 Å². The third-order valence-corrected chi connectivity index (χ3v) is 2.22. The quantitative estimate of drug-likeness (QED) is 0.488. The largest absolute Gasteiger partial charge is 0.391 e. The number of rotatable bonds is 0. The molecule has 0 spiro atoms. The first-order valence-electron chi connectivity index (χ1n) is 3.53. The maximum atomic E-state index is 9.25. The van der Waals surface area contributed by atoms with E-state index in [0.29, 0.717) is 6.42 Å². The minimum atomic E-state index is -0.475. The van der Waals surface area contributed by atoms with Crippen molar-refractivity contribution < 1.29 is 10.2 Å². The van der Waals surface area contributed by atoms with E-state index in [-0.39, 0.29) is 12.1 Å². The summed E-state index contributed by atoms with van der Waals surface area (Å²) in [7, 11) is 0. The van der Waals surface area contributed by atoms with E-state index in [0.717, 1.165) is 6.42 Å². The summed E-state index contributed by atoms with van der Waals surface area (Å²) >= 11 is 0. The van der Waals surface area contributed by atoms with Crippen LogP contribution in [0.4, 0.5) is 0 Å². The monoisotopic (exact) mass is 142 g/mol. The normalized spacial score (nSPS) is 51.8. The van der Waals surface area contributed by atoms with Crippen LogP contribution in [0.3, 0.4) is 0 Å². The van der Waals surface area contributed by atoms with Crippen molar-refractivity contribution in [2.24, 2.45) is 10.2 Å². The van der Waals surface area contributed by atoms with Crippen LogP contribution in [0.1, 0.15) is 12.8 Å². The standard InChI is InChI=1S/C6H10N2O2/c9-5-2-6(10)4-1-3(5)7-8-4/h3-6,9-10H,1-2H2/t3-,4+,5-,6+. The average Bonchev–Trinajstić information content (AvgIpc) is 2.28. The molecule has 2 rings (SSSR count). The van der Waals surface area contributed by atoms with Gasteiger partial charge in [-0.2, -0.15) is 10.2 Å². The third kappa shape index (κ3) is 0.759. The van der Waals surface area contributed by atoms with Crippen LogP contribution < -0.4 is 0 Å². The van der Waals surface area contributed by atoms with Gasteiger partial charge in [-0.1, -0.05) is 0 Å². The van der Waals surface area contributed by atoms with E-state index in [1.54, 1.807) is 0 Å². The molecule has 1 aliphatic heterocycles. The highest BCUT2D eigenvalue weighted by molar-refractivity contribution is 4.96. The maximum absolute atomic E-state index is 9.25. The van der Waals surface area contributed by atoms with E-state index < -0.39 is 12.2 Å². The van der Waals surface area contributed by atoms with Gasteiger partial charge >= 0.3 is 0 Å². The van der Waals surface area contributed by atoms with Crippen LogP contribution in [0.25, 0.3) is 0 Å². The number of hydrogen-bond acceptors (Lipinski definition) is 4. The molecule has 0 aromatic carbocycles. The van der Waals surface area contributed by atoms with Crippen molar-refractivity contribution in [3.63, 3.8) is 0 Å². The number of nitrogens with zero attached hydrogens (tertiary/aromatic N) is 2. The molecule has 2 N–H and O–H groups in total. The number of azo groups is 1. The summed E-state index contributed by atoms with van der Waals surface area (Å²) in [5.74, 6) is 0. The summed E-state index contributed by atoms with van der Waals surface area (Å²) in [6, 6.07) is -0.0678.